The maximum atomic E-state index is 11.7. The maximum Gasteiger partial charge on any atom is 0.284 e. The van der Waals surface area contributed by atoms with Gasteiger partial charge in [-0.3, -0.25) is 9.63 Å². The minimum atomic E-state index is -0.172. The van der Waals surface area contributed by atoms with Crippen LogP contribution < -0.4 is 5.48 Å². The van der Waals surface area contributed by atoms with Crippen LogP contribution in [0.1, 0.15) is 20.8 Å². The summed E-state index contributed by atoms with van der Waals surface area (Å²) in [6.45, 7) is 0. The molecule has 1 aliphatic carbocycles. The largest absolute Gasteiger partial charge is 0.284 e. The third-order valence-electron chi connectivity index (χ3n) is 3.15. The molecule has 2 aromatic rings. The third-order valence-corrected chi connectivity index (χ3v) is 4.36. The van der Waals surface area contributed by atoms with E-state index in [4.69, 9.17) is 0 Å². The first-order valence-corrected chi connectivity index (χ1v) is 6.65. The van der Waals surface area contributed by atoms with E-state index in [0.29, 0.717) is 4.88 Å². The van der Waals surface area contributed by atoms with E-state index < -0.39 is 0 Å². The van der Waals surface area contributed by atoms with Crippen molar-refractivity contribution in [1.82, 2.24) is 5.48 Å². The average Bonchev–Trinajstić information content (AvgIpc) is 2.83. The van der Waals surface area contributed by atoms with Gasteiger partial charge in [0.1, 0.15) is 0 Å². The van der Waals surface area contributed by atoms with Crippen LogP contribution in [0, 0.1) is 0 Å². The summed E-state index contributed by atoms with van der Waals surface area (Å²) in [4.78, 5) is 18.3. The van der Waals surface area contributed by atoms with Crippen LogP contribution in [0.5, 0.6) is 0 Å². The predicted molar refractivity (Wildman–Crippen MR) is 71.6 cm³/mol. The number of hydrogen-bond donors (Lipinski definition) is 1. The van der Waals surface area contributed by atoms with Gasteiger partial charge in [0.15, 0.2) is 0 Å². The van der Waals surface area contributed by atoms with E-state index in [2.05, 4.69) is 28.5 Å². The Labute approximate surface area is 109 Å². The van der Waals surface area contributed by atoms with Gasteiger partial charge in [0.2, 0.25) is 0 Å². The Balaban J connectivity index is 2.04. The Kier molecular flexibility index (Phi) is 2.89. The van der Waals surface area contributed by atoms with E-state index in [1.165, 1.54) is 40.0 Å². The molecule has 3 nitrogen and oxygen atoms in total. The lowest BCUT2D eigenvalue weighted by Gasteiger charge is -2.15. The average molecular weight is 259 g/mol. The Bertz CT molecular complexity index is 604. The number of carbonyl (C=O) groups is 1. The quantitative estimate of drug-likeness (QED) is 0.842. The lowest BCUT2D eigenvalue weighted by molar-refractivity contribution is 0.0542. The number of benzene rings is 1. The molecular formula is C14H13NO2S. The van der Waals surface area contributed by atoms with Crippen molar-refractivity contribution in [3.8, 4) is 10.4 Å². The molecule has 0 saturated heterocycles. The van der Waals surface area contributed by atoms with E-state index in [1.54, 1.807) is 0 Å². The fraction of sp³-hybridized carbons (Fsp3) is 0.214. The van der Waals surface area contributed by atoms with Crippen LogP contribution in [0.4, 0.5) is 0 Å². The molecule has 0 aliphatic heterocycles. The second kappa shape index (κ2) is 4.55. The summed E-state index contributed by atoms with van der Waals surface area (Å²) < 4.78 is 0. The smallest absolute Gasteiger partial charge is 0.277 e. The molecule has 1 N–H and O–H groups in total. The Morgan fingerprint density at radius 3 is 2.89 bits per heavy atom. The summed E-state index contributed by atoms with van der Waals surface area (Å²) in [6.07, 6.45) is 2.05. The summed E-state index contributed by atoms with van der Waals surface area (Å²) in [5.74, 6) is -0.172. The molecule has 1 aliphatic rings. The van der Waals surface area contributed by atoms with Gasteiger partial charge in [-0.1, -0.05) is 24.3 Å². The van der Waals surface area contributed by atoms with Crippen LogP contribution in [-0.4, -0.2) is 13.0 Å². The summed E-state index contributed by atoms with van der Waals surface area (Å²) >= 11 is 1.53. The van der Waals surface area contributed by atoms with Gasteiger partial charge in [0, 0.05) is 4.88 Å². The van der Waals surface area contributed by atoms with E-state index in [-0.39, 0.29) is 5.91 Å². The molecule has 0 bridgehead atoms. The van der Waals surface area contributed by atoms with Gasteiger partial charge < -0.3 is 0 Å². The first kappa shape index (κ1) is 11.4. The molecule has 92 valence electrons. The van der Waals surface area contributed by atoms with Gasteiger partial charge in [-0.25, -0.2) is 5.48 Å². The number of amides is 1. The molecule has 0 radical (unpaired) electrons. The van der Waals surface area contributed by atoms with Crippen LogP contribution in [-0.2, 0) is 17.7 Å². The van der Waals surface area contributed by atoms with Gasteiger partial charge in [-0.05, 0) is 35.6 Å². The highest BCUT2D eigenvalue weighted by Crippen LogP contribution is 2.39. The van der Waals surface area contributed by atoms with Gasteiger partial charge >= 0.3 is 0 Å². The molecular weight excluding hydrogens is 246 g/mol. The molecule has 1 amide bonds. The van der Waals surface area contributed by atoms with Gasteiger partial charge in [0.25, 0.3) is 5.91 Å². The van der Waals surface area contributed by atoms with E-state index in [9.17, 15) is 4.79 Å². The van der Waals surface area contributed by atoms with Crippen LogP contribution in [0.3, 0.4) is 0 Å². The normalized spacial score (nSPS) is 12.7. The number of rotatable bonds is 2. The molecule has 0 atom stereocenters. The van der Waals surface area contributed by atoms with E-state index in [1.807, 2.05) is 12.1 Å². The first-order chi connectivity index (χ1) is 8.79. The Morgan fingerprint density at radius 1 is 1.28 bits per heavy atom. The maximum absolute atomic E-state index is 11.7. The highest BCUT2D eigenvalue weighted by molar-refractivity contribution is 7.17. The number of hydrogen-bond acceptors (Lipinski definition) is 3. The number of aryl methyl sites for hydroxylation is 2. The molecule has 0 unspecified atom stereocenters. The van der Waals surface area contributed by atoms with Crippen molar-refractivity contribution in [2.75, 3.05) is 7.11 Å². The van der Waals surface area contributed by atoms with E-state index in [0.717, 1.165) is 12.8 Å². The van der Waals surface area contributed by atoms with Crippen molar-refractivity contribution in [2.45, 2.75) is 12.8 Å². The minimum Gasteiger partial charge on any atom is -0.277 e. The summed E-state index contributed by atoms with van der Waals surface area (Å²) in [7, 11) is 1.45. The molecule has 1 aromatic carbocycles. The van der Waals surface area contributed by atoms with Crippen molar-refractivity contribution in [3.05, 3.63) is 46.3 Å². The zero-order valence-corrected chi connectivity index (χ0v) is 10.8. The van der Waals surface area contributed by atoms with Crippen LogP contribution in [0.2, 0.25) is 0 Å². The second-order valence-electron chi connectivity index (χ2n) is 4.26. The van der Waals surface area contributed by atoms with Gasteiger partial charge in [-0.2, -0.15) is 0 Å². The Morgan fingerprint density at radius 2 is 2.06 bits per heavy atom. The molecule has 0 saturated carbocycles. The molecule has 1 heterocycles. The molecule has 18 heavy (non-hydrogen) atoms. The molecule has 0 fully saturated rings. The zero-order chi connectivity index (χ0) is 12.5. The highest BCUT2D eigenvalue weighted by atomic mass is 32.1. The standard InChI is InChI=1S/C14H13NO2S/c1-17-15-14(16)12-8-10-7-6-9-4-2-3-5-11(9)13(10)18-12/h2-5,8H,6-7H2,1H3,(H,15,16). The SMILES string of the molecule is CONC(=O)c1cc2c(s1)-c1ccccc1CC2. The fourth-order valence-corrected chi connectivity index (χ4v) is 3.48. The molecule has 3 rings (SSSR count). The zero-order valence-electron chi connectivity index (χ0n) is 10.0. The number of thiophene rings is 1. The summed E-state index contributed by atoms with van der Waals surface area (Å²) in [5, 5.41) is 0. The second-order valence-corrected chi connectivity index (χ2v) is 5.31. The minimum absolute atomic E-state index is 0.172. The van der Waals surface area contributed by atoms with Gasteiger partial charge in [-0.15, -0.1) is 11.3 Å². The lowest BCUT2D eigenvalue weighted by Crippen LogP contribution is -2.20. The predicted octanol–water partition coefficient (Wildman–Crippen LogP) is 2.80. The van der Waals surface area contributed by atoms with E-state index >= 15 is 0 Å². The summed E-state index contributed by atoms with van der Waals surface area (Å²) in [6, 6.07) is 10.4. The molecule has 4 heteroatoms. The Hall–Kier alpha value is -1.65. The number of nitrogens with one attached hydrogen (secondary N) is 1. The third kappa shape index (κ3) is 1.83. The van der Waals surface area contributed by atoms with Gasteiger partial charge in [0.05, 0.1) is 12.0 Å². The topological polar surface area (TPSA) is 38.3 Å². The van der Waals surface area contributed by atoms with Crippen LogP contribution >= 0.6 is 11.3 Å². The molecule has 0 spiro atoms. The van der Waals surface area contributed by atoms with Crippen LogP contribution in [0.25, 0.3) is 10.4 Å². The number of hydroxylamine groups is 1. The fourth-order valence-electron chi connectivity index (χ4n) is 2.33. The monoisotopic (exact) mass is 259 g/mol. The number of fused-ring (bicyclic) bond motifs is 3. The molecule has 1 aromatic heterocycles. The van der Waals surface area contributed by atoms with Crippen molar-refractivity contribution < 1.29 is 9.63 Å². The number of carbonyl (C=O) groups excluding carboxylic acids is 1. The van der Waals surface area contributed by atoms with Crippen molar-refractivity contribution in [3.63, 3.8) is 0 Å². The van der Waals surface area contributed by atoms with Crippen molar-refractivity contribution in [2.24, 2.45) is 0 Å². The lowest BCUT2D eigenvalue weighted by atomic mass is 9.91. The summed E-state index contributed by atoms with van der Waals surface area (Å²) in [5.41, 5.74) is 6.26. The van der Waals surface area contributed by atoms with Crippen molar-refractivity contribution >= 4 is 17.2 Å². The van der Waals surface area contributed by atoms with Crippen molar-refractivity contribution in [1.29, 1.82) is 0 Å². The van der Waals surface area contributed by atoms with Crippen LogP contribution in [0.15, 0.2) is 30.3 Å². The highest BCUT2D eigenvalue weighted by Gasteiger charge is 2.21. The first-order valence-electron chi connectivity index (χ1n) is 5.84.